The van der Waals surface area contributed by atoms with E-state index >= 15 is 0 Å². The molecule has 5 rings (SSSR count). The van der Waals surface area contributed by atoms with E-state index in [0.29, 0.717) is 28.0 Å². The lowest BCUT2D eigenvalue weighted by molar-refractivity contribution is -0.190. The maximum Gasteiger partial charge on any atom is 0.394 e. The molecule has 2 aromatic heterocycles. The molecule has 1 atom stereocenters. The quantitative estimate of drug-likeness (QED) is 0.295. The number of ether oxygens (including phenoxy) is 1. The van der Waals surface area contributed by atoms with Crippen molar-refractivity contribution in [3.63, 3.8) is 0 Å². The van der Waals surface area contributed by atoms with Gasteiger partial charge < -0.3 is 20.4 Å². The molecule has 1 aliphatic carbocycles. The Bertz CT molecular complexity index is 1340. The molecular formula is C28H36F3N7O2S. The Balaban J connectivity index is 1.40. The Labute approximate surface area is 241 Å². The molecule has 1 saturated heterocycles. The van der Waals surface area contributed by atoms with Crippen molar-refractivity contribution >= 4 is 29.9 Å². The first kappa shape index (κ1) is 29.3. The lowest BCUT2D eigenvalue weighted by atomic mass is 9.93. The van der Waals surface area contributed by atoms with Crippen molar-refractivity contribution in [3.05, 3.63) is 40.6 Å². The van der Waals surface area contributed by atoms with Crippen LogP contribution in [0.2, 0.25) is 0 Å². The van der Waals surface area contributed by atoms with E-state index in [-0.39, 0.29) is 43.2 Å². The molecule has 3 N–H and O–H groups in total. The van der Waals surface area contributed by atoms with Crippen LogP contribution < -0.4 is 19.7 Å². The standard InChI is InChI=1S/C28H36F3N7O2S/c1-18-21(16-32)41-36-25(39)20-6-7-22(34-24(20)37-17-19(5-4-12-33-18)15-26(37,2)3)38-13-8-23(35-38)40-14-11-27(9-10-27)28(29,30)31/h6-8,13,16,19,32-33H,4-5,9-12,14-15,17H2,1-3H3,(H,36,39)/b21-18+,32-16?/t19-/m0/s1. The summed E-state index contributed by atoms with van der Waals surface area (Å²) >= 11 is 1.09. The number of halogens is 3. The molecule has 1 amide bonds. The molecular weight excluding hydrogens is 555 g/mol. The van der Waals surface area contributed by atoms with Crippen molar-refractivity contribution in [3.8, 4) is 11.7 Å². The van der Waals surface area contributed by atoms with Crippen molar-refractivity contribution in [2.45, 2.75) is 71.0 Å². The van der Waals surface area contributed by atoms with Gasteiger partial charge in [0.1, 0.15) is 5.82 Å². The summed E-state index contributed by atoms with van der Waals surface area (Å²) < 4.78 is 49.7. The van der Waals surface area contributed by atoms with E-state index in [9.17, 15) is 18.0 Å². The van der Waals surface area contributed by atoms with Gasteiger partial charge in [-0.3, -0.25) is 9.52 Å². The molecule has 222 valence electrons. The van der Waals surface area contributed by atoms with Gasteiger partial charge in [-0.2, -0.15) is 13.2 Å². The summed E-state index contributed by atoms with van der Waals surface area (Å²) in [6, 6.07) is 5.00. The fraction of sp³-hybridized carbons (Fsp3) is 0.571. The van der Waals surface area contributed by atoms with Crippen LogP contribution in [0.5, 0.6) is 5.88 Å². The monoisotopic (exact) mass is 591 g/mol. The first-order valence-electron chi connectivity index (χ1n) is 13.9. The van der Waals surface area contributed by atoms with Crippen LogP contribution in [0.15, 0.2) is 35.0 Å². The fourth-order valence-corrected chi connectivity index (χ4v) is 6.31. The maximum absolute atomic E-state index is 13.4. The largest absolute Gasteiger partial charge is 0.477 e. The molecule has 0 radical (unpaired) electrons. The molecule has 2 fully saturated rings. The molecule has 0 unspecified atom stereocenters. The Morgan fingerprint density at radius 3 is 2.76 bits per heavy atom. The van der Waals surface area contributed by atoms with E-state index in [2.05, 4.69) is 33.9 Å². The van der Waals surface area contributed by atoms with E-state index in [1.807, 2.05) is 6.92 Å². The number of hydrogen-bond donors (Lipinski definition) is 3. The molecule has 0 aromatic carbocycles. The van der Waals surface area contributed by atoms with Gasteiger partial charge in [0.25, 0.3) is 5.91 Å². The number of carbonyl (C=O) groups is 1. The Morgan fingerprint density at radius 1 is 1.27 bits per heavy atom. The zero-order valence-electron chi connectivity index (χ0n) is 23.5. The summed E-state index contributed by atoms with van der Waals surface area (Å²) in [5.41, 5.74) is -0.612. The molecule has 13 heteroatoms. The van der Waals surface area contributed by atoms with Crippen LogP contribution in [-0.4, -0.2) is 58.3 Å². The second kappa shape index (κ2) is 11.2. The highest BCUT2D eigenvalue weighted by molar-refractivity contribution is 8.02. The predicted molar refractivity (Wildman–Crippen MR) is 153 cm³/mol. The van der Waals surface area contributed by atoms with Crippen LogP contribution in [0.1, 0.15) is 69.7 Å². The number of rotatable bonds is 6. The highest BCUT2D eigenvalue weighted by Gasteiger charge is 2.62. The number of hydrogen-bond acceptors (Lipinski definition) is 8. The van der Waals surface area contributed by atoms with E-state index in [1.54, 1.807) is 24.4 Å². The van der Waals surface area contributed by atoms with E-state index in [4.69, 9.17) is 15.1 Å². The van der Waals surface area contributed by atoms with Crippen molar-refractivity contribution in [2.75, 3.05) is 24.6 Å². The molecule has 2 bridgehead atoms. The topological polar surface area (TPSA) is 108 Å². The predicted octanol–water partition coefficient (Wildman–Crippen LogP) is 5.63. The lowest BCUT2D eigenvalue weighted by Gasteiger charge is -2.34. The second-order valence-electron chi connectivity index (χ2n) is 11.7. The van der Waals surface area contributed by atoms with Gasteiger partial charge in [-0.25, -0.2) is 9.67 Å². The smallest absolute Gasteiger partial charge is 0.394 e. The number of alkyl halides is 3. The van der Waals surface area contributed by atoms with Crippen LogP contribution >= 0.6 is 11.9 Å². The Kier molecular flexibility index (Phi) is 8.01. The number of pyridine rings is 1. The number of nitrogens with one attached hydrogen (secondary N) is 3. The number of carbonyl (C=O) groups excluding carboxylic acids is 1. The normalized spacial score (nSPS) is 24.1. The second-order valence-corrected chi connectivity index (χ2v) is 12.6. The molecule has 9 nitrogen and oxygen atoms in total. The summed E-state index contributed by atoms with van der Waals surface area (Å²) in [5, 5.41) is 15.5. The molecule has 2 aromatic rings. The first-order valence-corrected chi connectivity index (χ1v) is 14.7. The minimum absolute atomic E-state index is 0.0729. The average Bonchev–Trinajstić information content (AvgIpc) is 3.47. The highest BCUT2D eigenvalue weighted by atomic mass is 32.2. The number of anilines is 1. The van der Waals surface area contributed by atoms with Crippen LogP contribution in [-0.2, 0) is 0 Å². The number of aromatic nitrogens is 3. The molecule has 4 heterocycles. The summed E-state index contributed by atoms with van der Waals surface area (Å²) in [4.78, 5) is 21.1. The summed E-state index contributed by atoms with van der Waals surface area (Å²) in [7, 11) is 0. The third-order valence-corrected chi connectivity index (χ3v) is 9.27. The number of nitrogens with zero attached hydrogens (tertiary/aromatic N) is 4. The van der Waals surface area contributed by atoms with Crippen LogP contribution in [0.3, 0.4) is 0 Å². The van der Waals surface area contributed by atoms with Gasteiger partial charge in [0.15, 0.2) is 5.82 Å². The minimum atomic E-state index is -4.21. The van der Waals surface area contributed by atoms with Gasteiger partial charge in [-0.1, -0.05) is 0 Å². The summed E-state index contributed by atoms with van der Waals surface area (Å²) in [6.45, 7) is 7.67. The van der Waals surface area contributed by atoms with Crippen LogP contribution in [0, 0.1) is 16.7 Å². The van der Waals surface area contributed by atoms with Crippen LogP contribution in [0.4, 0.5) is 19.0 Å². The van der Waals surface area contributed by atoms with E-state index < -0.39 is 11.6 Å². The van der Waals surface area contributed by atoms with Crippen LogP contribution in [0.25, 0.3) is 5.82 Å². The van der Waals surface area contributed by atoms with Crippen molar-refractivity contribution in [1.29, 1.82) is 5.41 Å². The third-order valence-electron chi connectivity index (χ3n) is 8.34. The van der Waals surface area contributed by atoms with Gasteiger partial charge in [0.05, 0.1) is 22.5 Å². The van der Waals surface area contributed by atoms with Gasteiger partial charge in [-0.15, -0.1) is 5.10 Å². The number of allylic oxidation sites excluding steroid dienone is 2. The molecule has 0 spiro atoms. The first-order chi connectivity index (χ1) is 19.4. The minimum Gasteiger partial charge on any atom is -0.477 e. The van der Waals surface area contributed by atoms with Crippen molar-refractivity contribution < 1.29 is 22.7 Å². The highest BCUT2D eigenvalue weighted by Crippen LogP contribution is 2.59. The third kappa shape index (κ3) is 6.19. The SMILES string of the molecule is C/C1=C(/C=N)SNC(=O)c2ccc(-n3ccc(OCCC4(C(F)(F)F)CC4)n3)nc2N2C[C@@H](CCCN1)CC2(C)C. The molecule has 2 aliphatic heterocycles. The maximum atomic E-state index is 13.4. The Hall–Kier alpha value is -3.22. The average molecular weight is 592 g/mol. The summed E-state index contributed by atoms with van der Waals surface area (Å²) in [6.07, 6.45) is 1.80. The lowest BCUT2D eigenvalue weighted by Crippen LogP contribution is -2.40. The fourth-order valence-electron chi connectivity index (χ4n) is 5.72. The Morgan fingerprint density at radius 2 is 2.05 bits per heavy atom. The van der Waals surface area contributed by atoms with Gasteiger partial charge in [0.2, 0.25) is 5.88 Å². The van der Waals surface area contributed by atoms with E-state index in [1.165, 1.54) is 10.9 Å². The van der Waals surface area contributed by atoms with E-state index in [0.717, 1.165) is 50.0 Å². The van der Waals surface area contributed by atoms with Gasteiger partial charge in [-0.05, 0) is 89.3 Å². The van der Waals surface area contributed by atoms with Gasteiger partial charge >= 0.3 is 6.18 Å². The zero-order valence-corrected chi connectivity index (χ0v) is 24.3. The van der Waals surface area contributed by atoms with Crippen molar-refractivity contribution in [2.24, 2.45) is 11.3 Å². The molecule has 41 heavy (non-hydrogen) atoms. The zero-order chi connectivity index (χ0) is 29.4. The molecule has 1 saturated carbocycles. The summed E-state index contributed by atoms with van der Waals surface area (Å²) in [5.74, 6) is 1.33. The number of fused-ring (bicyclic) bond motifs is 4. The molecule has 3 aliphatic rings. The van der Waals surface area contributed by atoms with Crippen molar-refractivity contribution in [1.82, 2.24) is 24.8 Å². The number of amides is 1. The van der Waals surface area contributed by atoms with Gasteiger partial charge in [0, 0.05) is 42.8 Å².